The molecule has 0 bridgehead atoms. The number of aromatic nitrogens is 1. The number of halogens is 2. The summed E-state index contributed by atoms with van der Waals surface area (Å²) < 4.78 is 29.1. The van der Waals surface area contributed by atoms with Gasteiger partial charge < -0.3 is 20.7 Å². The van der Waals surface area contributed by atoms with Crippen LogP contribution < -0.4 is 15.8 Å². The van der Waals surface area contributed by atoms with Crippen LogP contribution in [-0.4, -0.2) is 40.8 Å². The molecule has 10 heteroatoms. The smallest absolute Gasteiger partial charge is 0.387 e. The number of carbonyl (C=O) groups is 3. The zero-order chi connectivity index (χ0) is 22.5. The van der Waals surface area contributed by atoms with Gasteiger partial charge in [-0.2, -0.15) is 8.78 Å². The maximum absolute atomic E-state index is 12.9. The second-order valence-electron chi connectivity index (χ2n) is 7.38. The van der Waals surface area contributed by atoms with Crippen LogP contribution in [0.15, 0.2) is 42.7 Å². The van der Waals surface area contributed by atoms with E-state index in [1.807, 2.05) is 6.92 Å². The number of carbonyl (C=O) groups excluding carboxylic acids is 3. The lowest BCUT2D eigenvalue weighted by Crippen LogP contribution is -2.46. The van der Waals surface area contributed by atoms with Gasteiger partial charge in [0.2, 0.25) is 5.91 Å². The third-order valence-electron chi connectivity index (χ3n) is 5.04. The molecule has 1 aliphatic heterocycles. The third kappa shape index (κ3) is 5.53. The van der Waals surface area contributed by atoms with E-state index in [-0.39, 0.29) is 30.4 Å². The molecule has 0 aliphatic carbocycles. The number of ether oxygens (including phenoxy) is 1. The number of piperidine rings is 1. The minimum absolute atomic E-state index is 0. The zero-order valence-corrected chi connectivity index (χ0v) is 16.8. The van der Waals surface area contributed by atoms with Crippen LogP contribution in [0, 0.1) is 5.92 Å². The Morgan fingerprint density at radius 3 is 2.58 bits per heavy atom. The number of likely N-dealkylation sites (tertiary alicyclic amines) is 1. The molecule has 0 unspecified atom stereocenters. The van der Waals surface area contributed by atoms with E-state index in [0.717, 1.165) is 6.42 Å². The van der Waals surface area contributed by atoms with Crippen LogP contribution in [0.3, 0.4) is 0 Å². The number of primary amides is 1. The van der Waals surface area contributed by atoms with Crippen molar-refractivity contribution in [3.63, 3.8) is 0 Å². The average molecular weight is 434 g/mol. The number of alkyl halides is 2. The van der Waals surface area contributed by atoms with Gasteiger partial charge in [-0.25, -0.2) is 0 Å². The number of nitrogens with one attached hydrogen (secondary N) is 1. The Hall–Kier alpha value is -3.56. The highest BCUT2D eigenvalue weighted by Crippen LogP contribution is 2.34. The van der Waals surface area contributed by atoms with Crippen molar-refractivity contribution in [2.24, 2.45) is 11.7 Å². The highest BCUT2D eigenvalue weighted by molar-refractivity contribution is 6.39. The summed E-state index contributed by atoms with van der Waals surface area (Å²) in [6, 6.07) is 6.98. The molecular weight excluding hydrogens is 410 g/mol. The van der Waals surface area contributed by atoms with E-state index in [1.54, 1.807) is 12.1 Å². The lowest BCUT2D eigenvalue weighted by atomic mass is 9.89. The molecule has 1 aliphatic rings. The molecule has 8 nitrogen and oxygen atoms in total. The van der Waals surface area contributed by atoms with Crippen LogP contribution in [0.1, 0.15) is 43.2 Å². The summed E-state index contributed by atoms with van der Waals surface area (Å²) in [7, 11) is 0. The summed E-state index contributed by atoms with van der Waals surface area (Å²) in [6.07, 6.45) is 4.02. The van der Waals surface area contributed by atoms with Gasteiger partial charge in [0.05, 0.1) is 23.5 Å². The number of amides is 3. The number of hydrogen-bond acceptors (Lipinski definition) is 5. The van der Waals surface area contributed by atoms with Gasteiger partial charge in [-0.3, -0.25) is 19.4 Å². The van der Waals surface area contributed by atoms with Gasteiger partial charge in [-0.15, -0.1) is 0 Å². The lowest BCUT2D eigenvalue weighted by Gasteiger charge is -2.38. The second kappa shape index (κ2) is 9.50. The second-order valence-corrected chi connectivity index (χ2v) is 7.38. The van der Waals surface area contributed by atoms with Crippen molar-refractivity contribution in [1.82, 2.24) is 9.88 Å². The molecule has 1 aromatic carbocycles. The molecule has 1 fully saturated rings. The molecule has 0 radical (unpaired) electrons. The van der Waals surface area contributed by atoms with Gasteiger partial charge >= 0.3 is 18.4 Å². The average Bonchev–Trinajstić information content (AvgIpc) is 2.73. The summed E-state index contributed by atoms with van der Waals surface area (Å²) in [5.74, 6) is -2.12. The van der Waals surface area contributed by atoms with E-state index in [2.05, 4.69) is 15.0 Å². The number of benzene rings is 1. The van der Waals surface area contributed by atoms with Crippen molar-refractivity contribution in [3.8, 4) is 5.75 Å². The van der Waals surface area contributed by atoms with Crippen LogP contribution >= 0.6 is 0 Å². The largest absolute Gasteiger partial charge is 0.435 e. The minimum Gasteiger partial charge on any atom is -0.435 e. The molecule has 0 spiro atoms. The number of nitrogens with two attached hydrogens (primary N) is 1. The van der Waals surface area contributed by atoms with Crippen molar-refractivity contribution in [2.75, 3.05) is 11.9 Å². The first-order valence-electron chi connectivity index (χ1n) is 9.66. The summed E-state index contributed by atoms with van der Waals surface area (Å²) in [6.45, 7) is -0.578. The van der Waals surface area contributed by atoms with Crippen molar-refractivity contribution in [2.45, 2.75) is 32.4 Å². The lowest BCUT2D eigenvalue weighted by molar-refractivity contribution is -0.146. The molecule has 31 heavy (non-hydrogen) atoms. The highest BCUT2D eigenvalue weighted by atomic mass is 19.3. The van der Waals surface area contributed by atoms with Crippen LogP contribution in [0.5, 0.6) is 5.75 Å². The van der Waals surface area contributed by atoms with Crippen LogP contribution in [0.2, 0.25) is 0 Å². The molecule has 3 amide bonds. The molecule has 166 valence electrons. The molecule has 3 N–H and O–H groups in total. The molecule has 2 heterocycles. The Labute approximate surface area is 178 Å². The standard InChI is InChI=1S/C21H22F2N4O4.H2/c1-12-2-7-17(13-3-5-16(6-4-13)31-21(22)23)27(11-12)20(30)19(29)26-15-8-14(18(24)28)9-25-10-15;/h3-6,8-10,12,17,21H,2,7,11H2,1H3,(H2,24,28)(H,26,29);1H/t12-,17+;/m1./s1. The predicted molar refractivity (Wildman–Crippen MR) is 109 cm³/mol. The Balaban J connectivity index is 0.00000363. The Kier molecular flexibility index (Phi) is 6.78. The Morgan fingerprint density at radius 2 is 1.94 bits per heavy atom. The molecule has 2 atom stereocenters. The third-order valence-corrected chi connectivity index (χ3v) is 5.04. The van der Waals surface area contributed by atoms with Gasteiger partial charge in [0.25, 0.3) is 0 Å². The van der Waals surface area contributed by atoms with Crippen molar-refractivity contribution >= 4 is 23.4 Å². The molecular formula is C21H24F2N4O4. The van der Waals surface area contributed by atoms with Crippen molar-refractivity contribution in [1.29, 1.82) is 0 Å². The number of rotatable bonds is 5. The SMILES string of the molecule is C[C@@H]1CC[C@@H](c2ccc(OC(F)F)cc2)N(C(=O)C(=O)Nc2cncc(C(N)=O)c2)C1.[HH]. The van der Waals surface area contributed by atoms with Crippen LogP contribution in [-0.2, 0) is 9.59 Å². The van der Waals surface area contributed by atoms with Gasteiger partial charge in [0.15, 0.2) is 0 Å². The van der Waals surface area contributed by atoms with E-state index in [0.29, 0.717) is 18.5 Å². The van der Waals surface area contributed by atoms with Gasteiger partial charge in [-0.05, 0) is 42.5 Å². The normalized spacial score (nSPS) is 18.5. The molecule has 3 rings (SSSR count). The Morgan fingerprint density at radius 1 is 1.23 bits per heavy atom. The number of nitrogens with zero attached hydrogens (tertiary/aromatic N) is 2. The fourth-order valence-corrected chi connectivity index (χ4v) is 3.55. The molecule has 2 aromatic rings. The van der Waals surface area contributed by atoms with E-state index in [1.165, 1.54) is 35.5 Å². The van der Waals surface area contributed by atoms with Crippen LogP contribution in [0.25, 0.3) is 0 Å². The van der Waals surface area contributed by atoms with Gasteiger partial charge in [0, 0.05) is 14.2 Å². The summed E-state index contributed by atoms with van der Waals surface area (Å²) in [5, 5.41) is 2.45. The zero-order valence-electron chi connectivity index (χ0n) is 16.8. The van der Waals surface area contributed by atoms with E-state index in [9.17, 15) is 23.2 Å². The quantitative estimate of drug-likeness (QED) is 0.702. The van der Waals surface area contributed by atoms with Gasteiger partial charge in [-0.1, -0.05) is 19.1 Å². The Bertz CT molecular complexity index is 975. The van der Waals surface area contributed by atoms with E-state index in [4.69, 9.17) is 5.73 Å². The highest BCUT2D eigenvalue weighted by Gasteiger charge is 2.34. The van der Waals surface area contributed by atoms with E-state index >= 15 is 0 Å². The van der Waals surface area contributed by atoms with Crippen molar-refractivity contribution in [3.05, 3.63) is 53.9 Å². The monoisotopic (exact) mass is 434 g/mol. The first kappa shape index (κ1) is 22.1. The topological polar surface area (TPSA) is 115 Å². The first-order chi connectivity index (χ1) is 14.7. The van der Waals surface area contributed by atoms with E-state index < -0.39 is 24.3 Å². The van der Waals surface area contributed by atoms with Crippen LogP contribution in [0.4, 0.5) is 14.5 Å². The predicted octanol–water partition coefficient (Wildman–Crippen LogP) is 2.97. The molecule has 0 saturated carbocycles. The number of anilines is 1. The number of hydrogen-bond donors (Lipinski definition) is 2. The summed E-state index contributed by atoms with van der Waals surface area (Å²) in [5.41, 5.74) is 6.19. The molecule has 1 saturated heterocycles. The fraction of sp³-hybridized carbons (Fsp3) is 0.333. The maximum Gasteiger partial charge on any atom is 0.387 e. The maximum atomic E-state index is 12.9. The molecule has 1 aromatic heterocycles. The first-order valence-corrected chi connectivity index (χ1v) is 9.66. The van der Waals surface area contributed by atoms with Crippen molar-refractivity contribution < 1.29 is 29.3 Å². The minimum atomic E-state index is -2.93. The summed E-state index contributed by atoms with van der Waals surface area (Å²) >= 11 is 0. The fourth-order valence-electron chi connectivity index (χ4n) is 3.55. The number of pyridine rings is 1. The van der Waals surface area contributed by atoms with Gasteiger partial charge in [0.1, 0.15) is 5.75 Å². The summed E-state index contributed by atoms with van der Waals surface area (Å²) in [4.78, 5) is 42.1.